The number of hydrogen-bond acceptors (Lipinski definition) is 3. The molecule has 0 bridgehead atoms. The van der Waals surface area contributed by atoms with Crippen molar-refractivity contribution < 1.29 is 4.74 Å². The molecule has 84 valence electrons. The monoisotopic (exact) mass is 209 g/mol. The molecule has 0 amide bonds. The van der Waals surface area contributed by atoms with E-state index in [0.717, 1.165) is 18.9 Å². The van der Waals surface area contributed by atoms with Crippen molar-refractivity contribution in [2.24, 2.45) is 0 Å². The highest BCUT2D eigenvalue weighted by Crippen LogP contribution is 2.17. The third-order valence-electron chi connectivity index (χ3n) is 2.30. The van der Waals surface area contributed by atoms with E-state index in [1.807, 2.05) is 12.3 Å². The van der Waals surface area contributed by atoms with E-state index < -0.39 is 0 Å². The number of imidazole rings is 1. The lowest BCUT2D eigenvalue weighted by molar-refractivity contribution is 0.154. The zero-order chi connectivity index (χ0) is 11.1. The maximum Gasteiger partial charge on any atom is 0.203 e. The van der Waals surface area contributed by atoms with Crippen LogP contribution in [-0.4, -0.2) is 29.8 Å². The maximum atomic E-state index is 5.18. The second-order valence-corrected chi connectivity index (χ2v) is 3.35. The summed E-state index contributed by atoms with van der Waals surface area (Å²) in [7, 11) is 1.72. The highest BCUT2D eigenvalue weighted by molar-refractivity contribution is 5.27. The van der Waals surface area contributed by atoms with E-state index in [1.165, 1.54) is 0 Å². The molecular formula is C11H19N3O. The number of methoxy groups -OCH3 is 1. The summed E-state index contributed by atoms with van der Waals surface area (Å²) in [5, 5.41) is 3.19. The molecule has 0 fully saturated rings. The lowest BCUT2D eigenvalue weighted by Gasteiger charge is -2.18. The van der Waals surface area contributed by atoms with Crippen LogP contribution in [0.1, 0.15) is 19.4 Å². The Labute approximate surface area is 91.0 Å². The van der Waals surface area contributed by atoms with E-state index in [1.54, 1.807) is 13.3 Å². The molecule has 4 nitrogen and oxygen atoms in total. The van der Waals surface area contributed by atoms with Crippen LogP contribution in [0, 0.1) is 0 Å². The molecule has 1 aromatic heterocycles. The normalized spacial score (nSPS) is 12.4. The number of ether oxygens (including phenoxy) is 1. The lowest BCUT2D eigenvalue weighted by Crippen LogP contribution is -2.16. The van der Waals surface area contributed by atoms with Crippen molar-refractivity contribution >= 4 is 5.95 Å². The van der Waals surface area contributed by atoms with Crippen LogP contribution in [0.3, 0.4) is 0 Å². The summed E-state index contributed by atoms with van der Waals surface area (Å²) in [5.41, 5.74) is 0. The zero-order valence-corrected chi connectivity index (χ0v) is 9.44. The molecule has 0 saturated heterocycles. The topological polar surface area (TPSA) is 39.1 Å². The molecule has 1 rings (SSSR count). The third kappa shape index (κ3) is 3.09. The van der Waals surface area contributed by atoms with Crippen LogP contribution in [0.5, 0.6) is 0 Å². The molecule has 1 atom stereocenters. The minimum Gasteiger partial charge on any atom is -0.383 e. The molecule has 1 unspecified atom stereocenters. The van der Waals surface area contributed by atoms with Crippen molar-refractivity contribution in [3.63, 3.8) is 0 Å². The standard InChI is InChI=1S/C11H19N3O/c1-4-6-12-11-13-7-8-14(11)10(5-2)9-15-3/h4,7-8,10H,1,5-6,9H2,2-3H3,(H,12,13). The predicted molar refractivity (Wildman–Crippen MR) is 62.1 cm³/mol. The van der Waals surface area contributed by atoms with Gasteiger partial charge in [-0.3, -0.25) is 0 Å². The van der Waals surface area contributed by atoms with E-state index in [4.69, 9.17) is 4.74 Å². The van der Waals surface area contributed by atoms with Gasteiger partial charge in [-0.2, -0.15) is 0 Å². The highest BCUT2D eigenvalue weighted by Gasteiger charge is 2.11. The van der Waals surface area contributed by atoms with Crippen molar-refractivity contribution in [3.05, 3.63) is 25.0 Å². The van der Waals surface area contributed by atoms with Crippen molar-refractivity contribution in [3.8, 4) is 0 Å². The van der Waals surface area contributed by atoms with Gasteiger partial charge in [0.05, 0.1) is 12.6 Å². The van der Waals surface area contributed by atoms with E-state index in [9.17, 15) is 0 Å². The molecule has 0 aromatic carbocycles. The summed E-state index contributed by atoms with van der Waals surface area (Å²) in [6, 6.07) is 0.338. The average molecular weight is 209 g/mol. The van der Waals surface area contributed by atoms with E-state index in [-0.39, 0.29) is 0 Å². The molecule has 1 aromatic rings. The van der Waals surface area contributed by atoms with E-state index >= 15 is 0 Å². The van der Waals surface area contributed by atoms with Crippen LogP contribution < -0.4 is 5.32 Å². The first kappa shape index (κ1) is 11.8. The molecule has 1 heterocycles. The zero-order valence-electron chi connectivity index (χ0n) is 9.44. The van der Waals surface area contributed by atoms with Crippen LogP contribution in [0.4, 0.5) is 5.95 Å². The van der Waals surface area contributed by atoms with Crippen LogP contribution >= 0.6 is 0 Å². The van der Waals surface area contributed by atoms with Gasteiger partial charge in [0, 0.05) is 26.0 Å². The number of nitrogens with one attached hydrogen (secondary N) is 1. The molecule has 1 N–H and O–H groups in total. The minimum atomic E-state index is 0.338. The number of hydrogen-bond donors (Lipinski definition) is 1. The molecule has 0 aliphatic heterocycles. The first-order valence-corrected chi connectivity index (χ1v) is 5.20. The number of nitrogens with zero attached hydrogens (tertiary/aromatic N) is 2. The SMILES string of the molecule is C=CCNc1nccn1C(CC)COC. The Morgan fingerprint density at radius 2 is 2.53 bits per heavy atom. The summed E-state index contributed by atoms with van der Waals surface area (Å²) in [4.78, 5) is 4.25. The van der Waals surface area contributed by atoms with Crippen molar-refractivity contribution in [1.82, 2.24) is 9.55 Å². The Morgan fingerprint density at radius 3 is 3.13 bits per heavy atom. The maximum absolute atomic E-state index is 5.18. The largest absolute Gasteiger partial charge is 0.383 e. The Kier molecular flexibility index (Phi) is 4.90. The quantitative estimate of drug-likeness (QED) is 0.699. The summed E-state index contributed by atoms with van der Waals surface area (Å²) in [6.07, 6.45) is 6.60. The highest BCUT2D eigenvalue weighted by atomic mass is 16.5. The Bertz CT molecular complexity index is 296. The third-order valence-corrected chi connectivity index (χ3v) is 2.30. The summed E-state index contributed by atoms with van der Waals surface area (Å²) < 4.78 is 7.29. The molecule has 4 heteroatoms. The summed E-state index contributed by atoms with van der Waals surface area (Å²) in [6.45, 7) is 7.23. The average Bonchev–Trinajstić information content (AvgIpc) is 2.71. The van der Waals surface area contributed by atoms with Crippen LogP contribution in [-0.2, 0) is 4.74 Å². The molecule has 0 aliphatic rings. The smallest absolute Gasteiger partial charge is 0.203 e. The van der Waals surface area contributed by atoms with Gasteiger partial charge in [0.25, 0.3) is 0 Å². The number of aromatic nitrogens is 2. The van der Waals surface area contributed by atoms with Gasteiger partial charge in [-0.1, -0.05) is 13.0 Å². The van der Waals surface area contributed by atoms with Crippen molar-refractivity contribution in [1.29, 1.82) is 0 Å². The second kappa shape index (κ2) is 6.24. The van der Waals surface area contributed by atoms with Crippen LogP contribution in [0.25, 0.3) is 0 Å². The number of rotatable bonds is 7. The Balaban J connectivity index is 2.72. The Morgan fingerprint density at radius 1 is 1.73 bits per heavy atom. The lowest BCUT2D eigenvalue weighted by atomic mass is 10.2. The molecular weight excluding hydrogens is 190 g/mol. The molecule has 15 heavy (non-hydrogen) atoms. The number of anilines is 1. The van der Waals surface area contributed by atoms with Crippen LogP contribution in [0.2, 0.25) is 0 Å². The fourth-order valence-corrected chi connectivity index (χ4v) is 1.50. The van der Waals surface area contributed by atoms with E-state index in [0.29, 0.717) is 12.6 Å². The molecule has 0 spiro atoms. The molecule has 0 saturated carbocycles. The van der Waals surface area contributed by atoms with Gasteiger partial charge in [0.1, 0.15) is 0 Å². The Hall–Kier alpha value is -1.29. The van der Waals surface area contributed by atoms with Gasteiger partial charge in [-0.15, -0.1) is 6.58 Å². The van der Waals surface area contributed by atoms with Gasteiger partial charge in [0.2, 0.25) is 5.95 Å². The first-order valence-electron chi connectivity index (χ1n) is 5.20. The second-order valence-electron chi connectivity index (χ2n) is 3.35. The van der Waals surface area contributed by atoms with Gasteiger partial charge < -0.3 is 14.6 Å². The van der Waals surface area contributed by atoms with Gasteiger partial charge in [-0.05, 0) is 6.42 Å². The fourth-order valence-electron chi connectivity index (χ4n) is 1.50. The van der Waals surface area contributed by atoms with Crippen molar-refractivity contribution in [2.75, 3.05) is 25.6 Å². The fraction of sp³-hybridized carbons (Fsp3) is 0.545. The van der Waals surface area contributed by atoms with Gasteiger partial charge >= 0.3 is 0 Å². The molecule has 0 radical (unpaired) electrons. The van der Waals surface area contributed by atoms with Gasteiger partial charge in [-0.25, -0.2) is 4.98 Å². The van der Waals surface area contributed by atoms with E-state index in [2.05, 4.69) is 28.4 Å². The minimum absolute atomic E-state index is 0.338. The van der Waals surface area contributed by atoms with Crippen LogP contribution in [0.15, 0.2) is 25.0 Å². The predicted octanol–water partition coefficient (Wildman–Crippen LogP) is 2.08. The molecule has 0 aliphatic carbocycles. The van der Waals surface area contributed by atoms with Gasteiger partial charge in [0.15, 0.2) is 0 Å². The summed E-state index contributed by atoms with van der Waals surface area (Å²) in [5.74, 6) is 0.874. The van der Waals surface area contributed by atoms with Crippen molar-refractivity contribution in [2.45, 2.75) is 19.4 Å². The summed E-state index contributed by atoms with van der Waals surface area (Å²) >= 11 is 0. The first-order chi connectivity index (χ1) is 7.33.